The zero-order chi connectivity index (χ0) is 15.3. The molecule has 4 aromatic rings. The first-order valence-corrected chi connectivity index (χ1v) is 7.65. The molecule has 4 rings (SSSR count). The van der Waals surface area contributed by atoms with Gasteiger partial charge in [-0.15, -0.1) is 11.3 Å². The Labute approximate surface area is 148 Å². The van der Waals surface area contributed by atoms with Crippen molar-refractivity contribution in [1.29, 1.82) is 0 Å². The number of aryl methyl sites for hydroxylation is 1. The number of pyridine rings is 1. The van der Waals surface area contributed by atoms with Gasteiger partial charge in [0, 0.05) is 31.9 Å². The van der Waals surface area contributed by atoms with Crippen LogP contribution in [0.25, 0.3) is 31.7 Å². The Morgan fingerprint density at radius 3 is 2.57 bits per heavy atom. The first kappa shape index (κ1) is 15.8. The zero-order valence-corrected chi connectivity index (χ0v) is 16.3. The van der Waals surface area contributed by atoms with Crippen LogP contribution in [0.4, 0.5) is 0 Å². The SMILES string of the molecule is Cn1c(=O)c(-c2nc3ccccc3s2)c(O)c2ccccc21.[Zn]. The topological polar surface area (TPSA) is 55.1 Å². The van der Waals surface area contributed by atoms with Gasteiger partial charge in [-0.25, -0.2) is 4.98 Å². The number of rotatable bonds is 1. The molecule has 110 valence electrons. The van der Waals surface area contributed by atoms with Gasteiger partial charge in [-0.3, -0.25) is 4.79 Å². The molecule has 0 amide bonds. The Morgan fingerprint density at radius 1 is 1.09 bits per heavy atom. The van der Waals surface area contributed by atoms with E-state index in [1.807, 2.05) is 42.5 Å². The Balaban J connectivity index is 0.00000156. The van der Waals surface area contributed by atoms with Crippen LogP contribution in [0.15, 0.2) is 53.3 Å². The Kier molecular flexibility index (Phi) is 4.05. The molecule has 2 aromatic heterocycles. The zero-order valence-electron chi connectivity index (χ0n) is 12.5. The summed E-state index contributed by atoms with van der Waals surface area (Å²) in [7, 11) is 1.71. The summed E-state index contributed by atoms with van der Waals surface area (Å²) in [6.45, 7) is 0. The van der Waals surface area contributed by atoms with Crippen LogP contribution < -0.4 is 5.56 Å². The molecule has 23 heavy (non-hydrogen) atoms. The fourth-order valence-electron chi connectivity index (χ4n) is 2.65. The number of aromatic hydroxyl groups is 1. The van der Waals surface area contributed by atoms with Crippen LogP contribution in [0.5, 0.6) is 5.75 Å². The van der Waals surface area contributed by atoms with Crippen molar-refractivity contribution in [3.8, 4) is 16.3 Å². The molecule has 0 saturated carbocycles. The molecular weight excluding hydrogens is 362 g/mol. The molecule has 0 saturated heterocycles. The van der Waals surface area contributed by atoms with Gasteiger partial charge in [-0.2, -0.15) is 0 Å². The van der Waals surface area contributed by atoms with Crippen molar-refractivity contribution in [2.24, 2.45) is 7.05 Å². The average Bonchev–Trinajstić information content (AvgIpc) is 2.96. The van der Waals surface area contributed by atoms with Crippen molar-refractivity contribution >= 4 is 32.5 Å². The summed E-state index contributed by atoms with van der Waals surface area (Å²) >= 11 is 1.41. The third-order valence-electron chi connectivity index (χ3n) is 3.78. The van der Waals surface area contributed by atoms with Crippen LogP contribution in [-0.2, 0) is 26.5 Å². The number of aromatic nitrogens is 2. The maximum Gasteiger partial charge on any atom is 0.264 e. The van der Waals surface area contributed by atoms with E-state index in [2.05, 4.69) is 4.98 Å². The van der Waals surface area contributed by atoms with Crippen LogP contribution in [0, 0.1) is 0 Å². The van der Waals surface area contributed by atoms with Crippen LogP contribution in [0.2, 0.25) is 0 Å². The molecule has 6 heteroatoms. The smallest absolute Gasteiger partial charge is 0.264 e. The average molecular weight is 374 g/mol. The van der Waals surface area contributed by atoms with E-state index in [-0.39, 0.29) is 36.4 Å². The van der Waals surface area contributed by atoms with E-state index in [4.69, 9.17) is 0 Å². The molecule has 0 radical (unpaired) electrons. The summed E-state index contributed by atoms with van der Waals surface area (Å²) in [5.41, 5.74) is 1.56. The van der Waals surface area contributed by atoms with Crippen LogP contribution in [0.1, 0.15) is 0 Å². The molecular formula is C17H12N2O2SZn. The van der Waals surface area contributed by atoms with Crippen molar-refractivity contribution in [3.63, 3.8) is 0 Å². The molecule has 1 N–H and O–H groups in total. The van der Waals surface area contributed by atoms with E-state index >= 15 is 0 Å². The standard InChI is InChI=1S/C17H12N2O2S.Zn/c1-19-12-8-4-2-6-10(12)15(20)14(17(19)21)16-18-11-7-3-5-9-13(11)22-16;/h2-9,20H,1H3;. The van der Waals surface area contributed by atoms with Gasteiger partial charge in [-0.1, -0.05) is 24.3 Å². The second-order valence-electron chi connectivity index (χ2n) is 5.09. The third-order valence-corrected chi connectivity index (χ3v) is 4.84. The molecule has 2 aromatic carbocycles. The molecule has 0 spiro atoms. The molecule has 0 aliphatic rings. The van der Waals surface area contributed by atoms with E-state index < -0.39 is 0 Å². The van der Waals surface area contributed by atoms with Gasteiger partial charge in [0.25, 0.3) is 5.56 Å². The summed E-state index contributed by atoms with van der Waals surface area (Å²) < 4.78 is 2.54. The third kappa shape index (κ3) is 2.39. The summed E-state index contributed by atoms with van der Waals surface area (Å²) in [6.07, 6.45) is 0. The van der Waals surface area contributed by atoms with Crippen molar-refractivity contribution in [1.82, 2.24) is 9.55 Å². The molecule has 0 aliphatic heterocycles. The van der Waals surface area contributed by atoms with E-state index in [1.165, 1.54) is 11.3 Å². The van der Waals surface area contributed by atoms with Crippen LogP contribution in [0.3, 0.4) is 0 Å². The second kappa shape index (κ2) is 5.87. The van der Waals surface area contributed by atoms with Crippen molar-refractivity contribution in [3.05, 3.63) is 58.9 Å². The largest absolute Gasteiger partial charge is 0.506 e. The molecule has 0 aliphatic carbocycles. The number of hydrogen-bond donors (Lipinski definition) is 1. The number of benzene rings is 2. The number of nitrogens with zero attached hydrogens (tertiary/aromatic N) is 2. The first-order chi connectivity index (χ1) is 10.7. The van der Waals surface area contributed by atoms with E-state index in [1.54, 1.807) is 17.7 Å². The molecule has 0 fully saturated rings. The quantitative estimate of drug-likeness (QED) is 0.519. The van der Waals surface area contributed by atoms with Crippen molar-refractivity contribution < 1.29 is 24.6 Å². The summed E-state index contributed by atoms with van der Waals surface area (Å²) in [5, 5.41) is 11.8. The number of hydrogen-bond acceptors (Lipinski definition) is 4. The molecule has 4 nitrogen and oxygen atoms in total. The number of thiazole rings is 1. The van der Waals surface area contributed by atoms with Gasteiger partial charge in [0.15, 0.2) is 0 Å². The van der Waals surface area contributed by atoms with Gasteiger partial charge in [0.05, 0.1) is 15.7 Å². The van der Waals surface area contributed by atoms with Gasteiger partial charge in [0.1, 0.15) is 16.3 Å². The number of fused-ring (bicyclic) bond motifs is 2. The summed E-state index contributed by atoms with van der Waals surface area (Å²) in [5.74, 6) is -0.00208. The Hall–Kier alpha value is -2.04. The van der Waals surface area contributed by atoms with E-state index in [0.717, 1.165) is 10.2 Å². The maximum atomic E-state index is 12.7. The first-order valence-electron chi connectivity index (χ1n) is 6.83. The molecule has 0 atom stereocenters. The Morgan fingerprint density at radius 2 is 1.78 bits per heavy atom. The van der Waals surface area contributed by atoms with Crippen LogP contribution >= 0.6 is 11.3 Å². The van der Waals surface area contributed by atoms with Gasteiger partial charge >= 0.3 is 0 Å². The van der Waals surface area contributed by atoms with E-state index in [0.29, 0.717) is 15.9 Å². The molecule has 0 bridgehead atoms. The maximum absolute atomic E-state index is 12.7. The van der Waals surface area contributed by atoms with Gasteiger partial charge < -0.3 is 9.67 Å². The minimum Gasteiger partial charge on any atom is -0.506 e. The predicted octanol–water partition coefficient (Wildman–Crippen LogP) is 3.52. The second-order valence-corrected chi connectivity index (χ2v) is 6.12. The summed E-state index contributed by atoms with van der Waals surface area (Å²) in [4.78, 5) is 17.1. The minimum atomic E-state index is -0.241. The fraction of sp³-hybridized carbons (Fsp3) is 0.0588. The predicted molar refractivity (Wildman–Crippen MR) is 89.5 cm³/mol. The van der Waals surface area contributed by atoms with Crippen molar-refractivity contribution in [2.45, 2.75) is 0 Å². The monoisotopic (exact) mass is 372 g/mol. The van der Waals surface area contributed by atoms with Gasteiger partial charge in [0.2, 0.25) is 0 Å². The fourth-order valence-corrected chi connectivity index (χ4v) is 3.65. The van der Waals surface area contributed by atoms with Crippen LogP contribution in [-0.4, -0.2) is 14.7 Å². The molecule has 2 heterocycles. The molecule has 0 unspecified atom stereocenters. The van der Waals surface area contributed by atoms with E-state index in [9.17, 15) is 9.90 Å². The minimum absolute atomic E-state index is 0. The number of para-hydroxylation sites is 2. The van der Waals surface area contributed by atoms with Crippen molar-refractivity contribution in [2.75, 3.05) is 0 Å². The van der Waals surface area contributed by atoms with Gasteiger partial charge in [-0.05, 0) is 24.3 Å². The summed E-state index contributed by atoms with van der Waals surface area (Å²) in [6, 6.07) is 15.0. The Bertz CT molecular complexity index is 1050. The normalized spacial score (nSPS) is 10.8.